The van der Waals surface area contributed by atoms with E-state index >= 15 is 0 Å². The highest BCUT2D eigenvalue weighted by Gasteiger charge is 2.12. The van der Waals surface area contributed by atoms with Crippen molar-refractivity contribution in [1.29, 1.82) is 5.26 Å². The second-order valence-electron chi connectivity index (χ2n) is 5.07. The molecule has 0 aliphatic carbocycles. The second kappa shape index (κ2) is 7.73. The number of benzene rings is 2. The molecule has 1 heterocycles. The van der Waals surface area contributed by atoms with Crippen LogP contribution in [0.4, 0.5) is 0 Å². The molecule has 0 unspecified atom stereocenters. The Bertz CT molecular complexity index is 878. The predicted molar refractivity (Wildman–Crippen MR) is 93.6 cm³/mol. The summed E-state index contributed by atoms with van der Waals surface area (Å²) < 4.78 is 16.2. The number of methoxy groups -OCH3 is 2. The van der Waals surface area contributed by atoms with Gasteiger partial charge in [-0.3, -0.25) is 0 Å². The average Bonchev–Trinajstić information content (AvgIpc) is 3.15. The zero-order valence-electron chi connectivity index (χ0n) is 13.7. The Kier molecular flexibility index (Phi) is 5.21. The van der Waals surface area contributed by atoms with E-state index in [9.17, 15) is 0 Å². The molecule has 0 atom stereocenters. The molecule has 0 spiro atoms. The zero-order valence-corrected chi connectivity index (χ0v) is 14.5. The maximum atomic E-state index is 8.82. The van der Waals surface area contributed by atoms with E-state index in [1.54, 1.807) is 32.4 Å². The van der Waals surface area contributed by atoms with Crippen LogP contribution in [0, 0.1) is 11.3 Å². The SMILES string of the molecule is COc1cc(OC)cc(-c2nnc(SCc3ccc(C#N)cc3)o2)c1. The van der Waals surface area contributed by atoms with Crippen LogP contribution < -0.4 is 9.47 Å². The fourth-order valence-electron chi connectivity index (χ4n) is 2.14. The first-order valence-electron chi connectivity index (χ1n) is 7.40. The molecule has 0 N–H and O–H groups in total. The van der Waals surface area contributed by atoms with Crippen molar-refractivity contribution < 1.29 is 13.9 Å². The third kappa shape index (κ3) is 4.11. The first kappa shape index (κ1) is 16.9. The van der Waals surface area contributed by atoms with E-state index in [1.807, 2.05) is 24.3 Å². The smallest absolute Gasteiger partial charge is 0.277 e. The molecule has 7 heteroatoms. The van der Waals surface area contributed by atoms with E-state index in [0.29, 0.717) is 33.9 Å². The largest absolute Gasteiger partial charge is 0.497 e. The molecule has 6 nitrogen and oxygen atoms in total. The van der Waals surface area contributed by atoms with Gasteiger partial charge in [-0.15, -0.1) is 10.2 Å². The quantitative estimate of drug-likeness (QED) is 0.621. The van der Waals surface area contributed by atoms with Gasteiger partial charge in [-0.05, 0) is 29.8 Å². The predicted octanol–water partition coefficient (Wildman–Crippen LogP) is 3.92. The van der Waals surface area contributed by atoms with E-state index in [2.05, 4.69) is 16.3 Å². The Morgan fingerprint density at radius 2 is 1.72 bits per heavy atom. The van der Waals surface area contributed by atoms with Gasteiger partial charge in [0, 0.05) is 17.4 Å². The molecule has 0 aliphatic rings. The van der Waals surface area contributed by atoms with Crippen LogP contribution in [-0.4, -0.2) is 24.4 Å². The summed E-state index contributed by atoms with van der Waals surface area (Å²) >= 11 is 1.44. The number of hydrogen-bond acceptors (Lipinski definition) is 7. The number of nitrogens with zero attached hydrogens (tertiary/aromatic N) is 3. The molecule has 2 aromatic carbocycles. The summed E-state index contributed by atoms with van der Waals surface area (Å²) in [6, 6.07) is 14.9. The first-order valence-corrected chi connectivity index (χ1v) is 8.39. The summed E-state index contributed by atoms with van der Waals surface area (Å²) in [6.45, 7) is 0. The summed E-state index contributed by atoms with van der Waals surface area (Å²) in [6.07, 6.45) is 0. The molecular formula is C18H15N3O3S. The normalized spacial score (nSPS) is 10.3. The van der Waals surface area contributed by atoms with Gasteiger partial charge in [-0.25, -0.2) is 0 Å². The molecule has 1 aromatic heterocycles. The number of ether oxygens (including phenoxy) is 2. The van der Waals surface area contributed by atoms with Crippen molar-refractivity contribution in [1.82, 2.24) is 10.2 Å². The van der Waals surface area contributed by atoms with Gasteiger partial charge in [0.2, 0.25) is 5.89 Å². The van der Waals surface area contributed by atoms with Gasteiger partial charge >= 0.3 is 0 Å². The van der Waals surface area contributed by atoms with Crippen LogP contribution in [0.15, 0.2) is 52.1 Å². The second-order valence-corrected chi connectivity index (χ2v) is 6.00. The lowest BCUT2D eigenvalue weighted by atomic mass is 10.2. The third-order valence-corrected chi connectivity index (χ3v) is 4.34. The molecule has 0 radical (unpaired) electrons. The maximum absolute atomic E-state index is 8.82. The lowest BCUT2D eigenvalue weighted by molar-refractivity contribution is 0.394. The third-order valence-electron chi connectivity index (χ3n) is 3.45. The first-order chi connectivity index (χ1) is 12.2. The fraction of sp³-hybridized carbons (Fsp3) is 0.167. The van der Waals surface area contributed by atoms with Crippen molar-refractivity contribution in [2.45, 2.75) is 11.0 Å². The number of rotatable bonds is 6. The van der Waals surface area contributed by atoms with Crippen molar-refractivity contribution in [3.05, 3.63) is 53.6 Å². The van der Waals surface area contributed by atoms with Gasteiger partial charge in [0.25, 0.3) is 5.22 Å². The zero-order chi connectivity index (χ0) is 17.6. The van der Waals surface area contributed by atoms with E-state index < -0.39 is 0 Å². The Hall–Kier alpha value is -2.98. The van der Waals surface area contributed by atoms with Gasteiger partial charge < -0.3 is 13.9 Å². The molecule has 3 rings (SSSR count). The Balaban J connectivity index is 1.72. The molecule has 0 aliphatic heterocycles. The van der Waals surface area contributed by atoms with Gasteiger partial charge in [0.05, 0.1) is 25.9 Å². The Morgan fingerprint density at radius 3 is 2.32 bits per heavy atom. The van der Waals surface area contributed by atoms with Crippen molar-refractivity contribution in [3.63, 3.8) is 0 Å². The minimum absolute atomic E-state index is 0.402. The highest BCUT2D eigenvalue weighted by molar-refractivity contribution is 7.98. The van der Waals surface area contributed by atoms with Crippen LogP contribution >= 0.6 is 11.8 Å². The number of nitriles is 1. The molecule has 0 bridgehead atoms. The van der Waals surface area contributed by atoms with Crippen LogP contribution in [0.2, 0.25) is 0 Å². The molecule has 0 fully saturated rings. The fourth-order valence-corrected chi connectivity index (χ4v) is 2.86. The van der Waals surface area contributed by atoms with Gasteiger partial charge in [-0.2, -0.15) is 5.26 Å². The van der Waals surface area contributed by atoms with Gasteiger partial charge in [0.1, 0.15) is 11.5 Å². The van der Waals surface area contributed by atoms with E-state index in [-0.39, 0.29) is 0 Å². The van der Waals surface area contributed by atoms with Crippen molar-refractivity contribution in [3.8, 4) is 29.0 Å². The van der Waals surface area contributed by atoms with Gasteiger partial charge in [0.15, 0.2) is 0 Å². The summed E-state index contributed by atoms with van der Waals surface area (Å²) in [5.74, 6) is 2.38. The lowest BCUT2D eigenvalue weighted by Gasteiger charge is -2.05. The van der Waals surface area contributed by atoms with E-state index in [0.717, 1.165) is 11.1 Å². The highest BCUT2D eigenvalue weighted by atomic mass is 32.2. The number of thioether (sulfide) groups is 1. The molecule has 25 heavy (non-hydrogen) atoms. The minimum atomic E-state index is 0.402. The summed E-state index contributed by atoms with van der Waals surface area (Å²) in [7, 11) is 3.18. The van der Waals surface area contributed by atoms with Crippen molar-refractivity contribution in [2.75, 3.05) is 14.2 Å². The number of aromatic nitrogens is 2. The standard InChI is InChI=1S/C18H15N3O3S/c1-22-15-7-14(8-16(9-15)23-2)17-20-21-18(24-17)25-11-13-5-3-12(10-19)4-6-13/h3-9H,11H2,1-2H3. The van der Waals surface area contributed by atoms with Gasteiger partial charge in [-0.1, -0.05) is 23.9 Å². The molecule has 0 saturated carbocycles. The van der Waals surface area contributed by atoms with Crippen LogP contribution in [0.25, 0.3) is 11.5 Å². The summed E-state index contributed by atoms with van der Waals surface area (Å²) in [5, 5.41) is 17.4. The van der Waals surface area contributed by atoms with Crippen LogP contribution in [0.3, 0.4) is 0 Å². The molecule has 3 aromatic rings. The lowest BCUT2D eigenvalue weighted by Crippen LogP contribution is -1.88. The number of hydrogen-bond donors (Lipinski definition) is 0. The van der Waals surface area contributed by atoms with Crippen LogP contribution in [0.1, 0.15) is 11.1 Å². The Labute approximate surface area is 149 Å². The van der Waals surface area contributed by atoms with Crippen molar-refractivity contribution >= 4 is 11.8 Å². The van der Waals surface area contributed by atoms with Crippen molar-refractivity contribution in [2.24, 2.45) is 0 Å². The topological polar surface area (TPSA) is 81.2 Å². The molecular weight excluding hydrogens is 338 g/mol. The summed E-state index contributed by atoms with van der Waals surface area (Å²) in [5.41, 5.74) is 2.45. The molecule has 126 valence electrons. The monoisotopic (exact) mass is 353 g/mol. The highest BCUT2D eigenvalue weighted by Crippen LogP contribution is 2.31. The van der Waals surface area contributed by atoms with E-state index in [4.69, 9.17) is 19.2 Å². The molecule has 0 amide bonds. The Morgan fingerprint density at radius 1 is 1.04 bits per heavy atom. The minimum Gasteiger partial charge on any atom is -0.497 e. The van der Waals surface area contributed by atoms with Crippen LogP contribution in [-0.2, 0) is 5.75 Å². The average molecular weight is 353 g/mol. The van der Waals surface area contributed by atoms with E-state index in [1.165, 1.54) is 11.8 Å². The molecule has 0 saturated heterocycles. The van der Waals surface area contributed by atoms with Crippen LogP contribution in [0.5, 0.6) is 11.5 Å². The summed E-state index contributed by atoms with van der Waals surface area (Å²) in [4.78, 5) is 0. The maximum Gasteiger partial charge on any atom is 0.277 e.